The van der Waals surface area contributed by atoms with Gasteiger partial charge in [0.05, 0.1) is 21.3 Å². The van der Waals surface area contributed by atoms with Crippen LogP contribution in [0.4, 0.5) is 0 Å². The highest BCUT2D eigenvalue weighted by molar-refractivity contribution is 5.54. The molecule has 2 rings (SSSR count). The molecule has 0 aromatic heterocycles. The van der Waals surface area contributed by atoms with E-state index in [1.807, 2.05) is 12.1 Å². The smallest absolute Gasteiger partial charge is 0.203 e. The van der Waals surface area contributed by atoms with Crippen LogP contribution < -0.4 is 19.9 Å². The highest BCUT2D eigenvalue weighted by atomic mass is 16.5. The molecule has 0 saturated carbocycles. The number of nitrogens with two attached hydrogens (primary N) is 1. The lowest BCUT2D eigenvalue weighted by Gasteiger charge is -2.20. The van der Waals surface area contributed by atoms with Gasteiger partial charge in [0.15, 0.2) is 11.5 Å². The minimum absolute atomic E-state index is 0.185. The first-order valence-corrected chi connectivity index (χ1v) is 7.69. The zero-order valence-corrected chi connectivity index (χ0v) is 14.3. The van der Waals surface area contributed by atoms with Crippen LogP contribution in [0.2, 0.25) is 0 Å². The molecule has 2 aromatic carbocycles. The molecule has 0 saturated heterocycles. The summed E-state index contributed by atoms with van der Waals surface area (Å²) in [6.45, 7) is 2.67. The third kappa shape index (κ3) is 3.77. The van der Waals surface area contributed by atoms with Crippen molar-refractivity contribution in [2.75, 3.05) is 27.9 Å². The Kier molecular flexibility index (Phi) is 5.88. The summed E-state index contributed by atoms with van der Waals surface area (Å²) in [7, 11) is 4.85. The zero-order valence-electron chi connectivity index (χ0n) is 14.3. The molecule has 0 radical (unpaired) electrons. The Morgan fingerprint density at radius 2 is 1.57 bits per heavy atom. The second-order valence-corrected chi connectivity index (χ2v) is 5.52. The van der Waals surface area contributed by atoms with Crippen molar-refractivity contribution in [1.29, 1.82) is 0 Å². The van der Waals surface area contributed by atoms with Crippen molar-refractivity contribution in [3.05, 3.63) is 53.1 Å². The third-order valence-electron chi connectivity index (χ3n) is 4.17. The molecule has 23 heavy (non-hydrogen) atoms. The molecule has 4 heteroatoms. The fourth-order valence-electron chi connectivity index (χ4n) is 2.78. The summed E-state index contributed by atoms with van der Waals surface area (Å²) in [5.74, 6) is 2.10. The van der Waals surface area contributed by atoms with E-state index in [2.05, 4.69) is 31.2 Å². The van der Waals surface area contributed by atoms with E-state index in [0.29, 0.717) is 23.8 Å². The van der Waals surface area contributed by atoms with E-state index >= 15 is 0 Å². The Labute approximate surface area is 138 Å². The molecule has 0 aliphatic rings. The molecule has 0 aliphatic heterocycles. The molecule has 1 atom stereocenters. The van der Waals surface area contributed by atoms with Gasteiger partial charge in [-0.05, 0) is 48.7 Å². The van der Waals surface area contributed by atoms with Crippen molar-refractivity contribution in [1.82, 2.24) is 0 Å². The highest BCUT2D eigenvalue weighted by Gasteiger charge is 2.19. The number of hydrogen-bond donors (Lipinski definition) is 1. The summed E-state index contributed by atoms with van der Waals surface area (Å²) in [5.41, 5.74) is 9.71. The molecule has 0 heterocycles. The van der Waals surface area contributed by atoms with Crippen molar-refractivity contribution in [3.8, 4) is 17.2 Å². The zero-order chi connectivity index (χ0) is 16.8. The fraction of sp³-hybridized carbons (Fsp3) is 0.368. The molecule has 0 bridgehead atoms. The molecule has 2 N–H and O–H groups in total. The normalized spacial score (nSPS) is 11.9. The monoisotopic (exact) mass is 315 g/mol. The number of rotatable bonds is 7. The summed E-state index contributed by atoms with van der Waals surface area (Å²) in [5, 5.41) is 0. The second kappa shape index (κ2) is 7.88. The van der Waals surface area contributed by atoms with Crippen molar-refractivity contribution in [2.45, 2.75) is 19.3 Å². The average molecular weight is 315 g/mol. The first-order chi connectivity index (χ1) is 11.1. The van der Waals surface area contributed by atoms with Gasteiger partial charge >= 0.3 is 0 Å². The maximum absolute atomic E-state index is 6.04. The molecule has 1 unspecified atom stereocenters. The number of methoxy groups -OCH3 is 3. The number of hydrogen-bond acceptors (Lipinski definition) is 4. The molecular formula is C19H25NO3. The van der Waals surface area contributed by atoms with E-state index in [1.165, 1.54) is 11.1 Å². The lowest BCUT2D eigenvalue weighted by Crippen LogP contribution is -2.16. The Balaban J connectivity index is 2.39. The van der Waals surface area contributed by atoms with Crippen LogP contribution in [-0.2, 0) is 6.42 Å². The van der Waals surface area contributed by atoms with Crippen molar-refractivity contribution >= 4 is 0 Å². The van der Waals surface area contributed by atoms with Crippen LogP contribution in [0, 0.1) is 6.92 Å². The first kappa shape index (κ1) is 17.2. The van der Waals surface area contributed by atoms with Crippen LogP contribution in [-0.4, -0.2) is 27.9 Å². The predicted molar refractivity (Wildman–Crippen MR) is 92.8 cm³/mol. The van der Waals surface area contributed by atoms with Gasteiger partial charge in [-0.3, -0.25) is 0 Å². The SMILES string of the molecule is COc1cc(C(CN)Cc2ccccc2C)cc(OC)c1OC. The summed E-state index contributed by atoms with van der Waals surface area (Å²) in [4.78, 5) is 0. The van der Waals surface area contributed by atoms with Gasteiger partial charge in [0.25, 0.3) is 0 Å². The van der Waals surface area contributed by atoms with E-state index in [4.69, 9.17) is 19.9 Å². The molecular weight excluding hydrogens is 290 g/mol. The van der Waals surface area contributed by atoms with Crippen molar-refractivity contribution < 1.29 is 14.2 Å². The average Bonchev–Trinajstić information content (AvgIpc) is 2.59. The molecule has 0 amide bonds. The maximum atomic E-state index is 6.04. The molecule has 4 nitrogen and oxygen atoms in total. The van der Waals surface area contributed by atoms with Crippen molar-refractivity contribution in [2.24, 2.45) is 5.73 Å². The lowest BCUT2D eigenvalue weighted by atomic mass is 9.90. The van der Waals surface area contributed by atoms with Gasteiger partial charge in [-0.25, -0.2) is 0 Å². The summed E-state index contributed by atoms with van der Waals surface area (Å²) >= 11 is 0. The van der Waals surface area contributed by atoms with E-state index in [0.717, 1.165) is 12.0 Å². The Morgan fingerprint density at radius 3 is 2.04 bits per heavy atom. The second-order valence-electron chi connectivity index (χ2n) is 5.52. The molecule has 0 aliphatic carbocycles. The van der Waals surface area contributed by atoms with Crippen LogP contribution in [0.5, 0.6) is 17.2 Å². The molecule has 0 fully saturated rings. The van der Waals surface area contributed by atoms with E-state index in [9.17, 15) is 0 Å². The van der Waals surface area contributed by atoms with Gasteiger partial charge in [-0.15, -0.1) is 0 Å². The van der Waals surface area contributed by atoms with Gasteiger partial charge in [-0.1, -0.05) is 24.3 Å². The Morgan fingerprint density at radius 1 is 0.957 bits per heavy atom. The number of benzene rings is 2. The quantitative estimate of drug-likeness (QED) is 0.852. The van der Waals surface area contributed by atoms with Gasteiger partial charge < -0.3 is 19.9 Å². The van der Waals surface area contributed by atoms with Crippen LogP contribution in [0.3, 0.4) is 0 Å². The Bertz CT molecular complexity index is 630. The minimum atomic E-state index is 0.185. The van der Waals surface area contributed by atoms with Crippen molar-refractivity contribution in [3.63, 3.8) is 0 Å². The highest BCUT2D eigenvalue weighted by Crippen LogP contribution is 2.40. The number of ether oxygens (including phenoxy) is 3. The van der Waals surface area contributed by atoms with Crippen LogP contribution in [0.1, 0.15) is 22.6 Å². The number of aryl methyl sites for hydroxylation is 1. The van der Waals surface area contributed by atoms with E-state index < -0.39 is 0 Å². The largest absolute Gasteiger partial charge is 0.493 e. The van der Waals surface area contributed by atoms with E-state index in [-0.39, 0.29) is 5.92 Å². The topological polar surface area (TPSA) is 53.7 Å². The summed E-state index contributed by atoms with van der Waals surface area (Å²) < 4.78 is 16.3. The third-order valence-corrected chi connectivity index (χ3v) is 4.17. The van der Waals surface area contributed by atoms with Crippen LogP contribution in [0.15, 0.2) is 36.4 Å². The summed E-state index contributed by atoms with van der Waals surface area (Å²) in [6, 6.07) is 12.4. The Hall–Kier alpha value is -2.20. The van der Waals surface area contributed by atoms with E-state index in [1.54, 1.807) is 21.3 Å². The molecule has 2 aromatic rings. The first-order valence-electron chi connectivity index (χ1n) is 7.69. The van der Waals surface area contributed by atoms with Gasteiger partial charge in [-0.2, -0.15) is 0 Å². The maximum Gasteiger partial charge on any atom is 0.203 e. The minimum Gasteiger partial charge on any atom is -0.493 e. The lowest BCUT2D eigenvalue weighted by molar-refractivity contribution is 0.323. The standard InChI is InChI=1S/C19H25NO3/c1-13-7-5-6-8-14(13)9-16(12-20)15-10-17(21-2)19(23-4)18(11-15)22-3/h5-8,10-11,16H,9,12,20H2,1-4H3. The van der Waals surface area contributed by atoms with Gasteiger partial charge in [0, 0.05) is 5.92 Å². The predicted octanol–water partition coefficient (Wildman–Crippen LogP) is 3.31. The molecule has 124 valence electrons. The fourth-order valence-corrected chi connectivity index (χ4v) is 2.78. The van der Waals surface area contributed by atoms with Crippen LogP contribution in [0.25, 0.3) is 0 Å². The van der Waals surface area contributed by atoms with Gasteiger partial charge in [0.2, 0.25) is 5.75 Å². The molecule has 0 spiro atoms. The van der Waals surface area contributed by atoms with Gasteiger partial charge in [0.1, 0.15) is 0 Å². The summed E-state index contributed by atoms with van der Waals surface area (Å²) in [6.07, 6.45) is 0.877. The van der Waals surface area contributed by atoms with Crippen LogP contribution >= 0.6 is 0 Å².